The van der Waals surface area contributed by atoms with Gasteiger partial charge in [0, 0.05) is 22.3 Å². The first-order valence-electron chi connectivity index (χ1n) is 8.34. The van der Waals surface area contributed by atoms with Crippen molar-refractivity contribution in [1.82, 2.24) is 15.2 Å². The molecular formula is C20H17N3O2S2. The van der Waals surface area contributed by atoms with Crippen LogP contribution in [0.3, 0.4) is 0 Å². The minimum atomic E-state index is 0.546. The van der Waals surface area contributed by atoms with Crippen LogP contribution in [0.1, 0.15) is 11.3 Å². The summed E-state index contributed by atoms with van der Waals surface area (Å²) in [6.07, 6.45) is 0. The van der Waals surface area contributed by atoms with E-state index in [9.17, 15) is 0 Å². The standard InChI is InChI=1S/C20H17N3O2S2/c1-13-6-3-4-9-17(13)18-22-23-20(25-18)27-12-15-11-26-19(21-15)14-7-5-8-16(10-14)24-2/h3-11H,12H2,1-2H3. The van der Waals surface area contributed by atoms with E-state index < -0.39 is 0 Å². The van der Waals surface area contributed by atoms with Gasteiger partial charge in [0.2, 0.25) is 5.89 Å². The number of thiazole rings is 1. The molecule has 136 valence electrons. The first kappa shape index (κ1) is 17.8. The molecule has 0 bridgehead atoms. The Hall–Kier alpha value is -2.64. The van der Waals surface area contributed by atoms with Crippen molar-refractivity contribution in [3.63, 3.8) is 0 Å². The molecule has 27 heavy (non-hydrogen) atoms. The molecule has 0 fully saturated rings. The Balaban J connectivity index is 1.44. The maximum atomic E-state index is 5.79. The van der Waals surface area contributed by atoms with E-state index in [2.05, 4.69) is 15.6 Å². The summed E-state index contributed by atoms with van der Waals surface area (Å²) in [5.41, 5.74) is 4.11. The summed E-state index contributed by atoms with van der Waals surface area (Å²) in [7, 11) is 1.67. The number of aryl methyl sites for hydroxylation is 1. The van der Waals surface area contributed by atoms with Crippen molar-refractivity contribution in [2.75, 3.05) is 7.11 Å². The van der Waals surface area contributed by atoms with Gasteiger partial charge in [0.05, 0.1) is 12.8 Å². The van der Waals surface area contributed by atoms with Crippen molar-refractivity contribution in [3.8, 4) is 27.8 Å². The highest BCUT2D eigenvalue weighted by atomic mass is 32.2. The number of aromatic nitrogens is 3. The van der Waals surface area contributed by atoms with Gasteiger partial charge in [0.15, 0.2) is 0 Å². The quantitative estimate of drug-likeness (QED) is 0.404. The molecule has 2 aromatic heterocycles. The molecule has 0 amide bonds. The molecule has 0 aliphatic heterocycles. The maximum Gasteiger partial charge on any atom is 0.277 e. The number of methoxy groups -OCH3 is 1. The van der Waals surface area contributed by atoms with Crippen LogP contribution in [0.25, 0.3) is 22.0 Å². The van der Waals surface area contributed by atoms with Gasteiger partial charge in [-0.15, -0.1) is 21.5 Å². The van der Waals surface area contributed by atoms with Crippen molar-refractivity contribution in [2.45, 2.75) is 17.9 Å². The first-order valence-corrected chi connectivity index (χ1v) is 10.2. The minimum absolute atomic E-state index is 0.546. The second kappa shape index (κ2) is 7.94. The van der Waals surface area contributed by atoms with Gasteiger partial charge in [0.25, 0.3) is 5.22 Å². The van der Waals surface area contributed by atoms with Crippen molar-refractivity contribution < 1.29 is 9.15 Å². The zero-order valence-electron chi connectivity index (χ0n) is 14.9. The van der Waals surface area contributed by atoms with Gasteiger partial charge in [-0.25, -0.2) is 4.98 Å². The second-order valence-electron chi connectivity index (χ2n) is 5.85. The number of hydrogen-bond donors (Lipinski definition) is 0. The van der Waals surface area contributed by atoms with Gasteiger partial charge in [-0.05, 0) is 30.7 Å². The van der Waals surface area contributed by atoms with E-state index in [4.69, 9.17) is 14.1 Å². The molecule has 2 heterocycles. The Bertz CT molecular complexity index is 1060. The molecule has 0 saturated carbocycles. The summed E-state index contributed by atoms with van der Waals surface area (Å²) < 4.78 is 11.1. The SMILES string of the molecule is COc1cccc(-c2nc(CSc3nnc(-c4ccccc4C)o3)cs2)c1. The van der Waals surface area contributed by atoms with Crippen LogP contribution in [0, 0.1) is 6.92 Å². The lowest BCUT2D eigenvalue weighted by molar-refractivity contribution is 0.415. The molecular weight excluding hydrogens is 378 g/mol. The van der Waals surface area contributed by atoms with Crippen molar-refractivity contribution in [2.24, 2.45) is 0 Å². The van der Waals surface area contributed by atoms with Crippen LogP contribution in [0.4, 0.5) is 0 Å². The van der Waals surface area contributed by atoms with Gasteiger partial charge in [-0.3, -0.25) is 0 Å². The third-order valence-corrected chi connectivity index (χ3v) is 5.79. The number of rotatable bonds is 6. The predicted molar refractivity (Wildman–Crippen MR) is 108 cm³/mol. The molecule has 2 aromatic carbocycles. The number of benzene rings is 2. The average Bonchev–Trinajstić information content (AvgIpc) is 3.36. The third-order valence-electron chi connectivity index (χ3n) is 3.99. The molecule has 0 unspecified atom stereocenters. The second-order valence-corrected chi connectivity index (χ2v) is 7.64. The topological polar surface area (TPSA) is 61.0 Å². The average molecular weight is 396 g/mol. The fraction of sp³-hybridized carbons (Fsp3) is 0.150. The van der Waals surface area contributed by atoms with Crippen LogP contribution in [-0.2, 0) is 5.75 Å². The Kier molecular flexibility index (Phi) is 5.22. The zero-order valence-corrected chi connectivity index (χ0v) is 16.5. The van der Waals surface area contributed by atoms with Crippen molar-refractivity contribution in [3.05, 3.63) is 65.2 Å². The van der Waals surface area contributed by atoms with Crippen molar-refractivity contribution in [1.29, 1.82) is 0 Å². The highest BCUT2D eigenvalue weighted by Gasteiger charge is 2.12. The predicted octanol–water partition coefficient (Wildman–Crippen LogP) is 5.47. The molecule has 0 aliphatic rings. The maximum absolute atomic E-state index is 5.79. The van der Waals surface area contributed by atoms with Gasteiger partial charge < -0.3 is 9.15 Å². The van der Waals surface area contributed by atoms with Crippen molar-refractivity contribution >= 4 is 23.1 Å². The van der Waals surface area contributed by atoms with Crippen LogP contribution < -0.4 is 4.74 Å². The monoisotopic (exact) mass is 395 g/mol. The lowest BCUT2D eigenvalue weighted by Gasteiger charge is -2.01. The van der Waals surface area contributed by atoms with E-state index in [1.807, 2.05) is 55.5 Å². The molecule has 0 aliphatic carbocycles. The van der Waals surface area contributed by atoms with Gasteiger partial charge >= 0.3 is 0 Å². The first-order chi connectivity index (χ1) is 13.2. The molecule has 4 rings (SSSR count). The van der Waals surface area contributed by atoms with Crippen LogP contribution in [0.5, 0.6) is 5.75 Å². The summed E-state index contributed by atoms with van der Waals surface area (Å²) in [6.45, 7) is 2.03. The van der Waals surface area contributed by atoms with E-state index in [1.54, 1.807) is 18.4 Å². The van der Waals surface area contributed by atoms with E-state index in [0.29, 0.717) is 16.9 Å². The molecule has 0 saturated heterocycles. The zero-order chi connectivity index (χ0) is 18.6. The van der Waals surface area contributed by atoms with Gasteiger partial charge in [-0.2, -0.15) is 0 Å². The lowest BCUT2D eigenvalue weighted by Crippen LogP contribution is -1.85. The highest BCUT2D eigenvalue weighted by molar-refractivity contribution is 7.98. The number of ether oxygens (including phenoxy) is 1. The fourth-order valence-corrected chi connectivity index (χ4v) is 4.17. The van der Waals surface area contributed by atoms with E-state index >= 15 is 0 Å². The molecule has 7 heteroatoms. The molecule has 0 radical (unpaired) electrons. The Labute approximate surface area is 165 Å². The largest absolute Gasteiger partial charge is 0.497 e. The smallest absolute Gasteiger partial charge is 0.277 e. The van der Waals surface area contributed by atoms with Crippen LogP contribution in [-0.4, -0.2) is 22.3 Å². The summed E-state index contributed by atoms with van der Waals surface area (Å²) in [5.74, 6) is 2.05. The number of thioether (sulfide) groups is 1. The minimum Gasteiger partial charge on any atom is -0.497 e. The van der Waals surface area contributed by atoms with Gasteiger partial charge in [-0.1, -0.05) is 42.1 Å². The Morgan fingerprint density at radius 2 is 2.00 bits per heavy atom. The Morgan fingerprint density at radius 1 is 1.11 bits per heavy atom. The summed E-state index contributed by atoms with van der Waals surface area (Å²) in [5, 5.41) is 11.9. The van der Waals surface area contributed by atoms with Gasteiger partial charge in [0.1, 0.15) is 10.8 Å². The van der Waals surface area contributed by atoms with Crippen LogP contribution in [0.15, 0.2) is 63.6 Å². The third kappa shape index (κ3) is 4.04. The fourth-order valence-electron chi connectivity index (χ4n) is 2.59. The molecule has 0 N–H and O–H groups in total. The molecule has 4 aromatic rings. The molecule has 5 nitrogen and oxygen atoms in total. The van der Waals surface area contributed by atoms with E-state index in [-0.39, 0.29) is 0 Å². The summed E-state index contributed by atoms with van der Waals surface area (Å²) in [6, 6.07) is 15.9. The van der Waals surface area contributed by atoms with E-state index in [1.165, 1.54) is 11.8 Å². The van der Waals surface area contributed by atoms with Crippen LogP contribution >= 0.6 is 23.1 Å². The van der Waals surface area contributed by atoms with E-state index in [0.717, 1.165) is 33.1 Å². The summed E-state index contributed by atoms with van der Waals surface area (Å²) >= 11 is 3.10. The molecule has 0 atom stereocenters. The highest BCUT2D eigenvalue weighted by Crippen LogP contribution is 2.30. The number of hydrogen-bond acceptors (Lipinski definition) is 7. The Morgan fingerprint density at radius 3 is 2.85 bits per heavy atom. The normalized spacial score (nSPS) is 10.9. The number of nitrogens with zero attached hydrogens (tertiary/aromatic N) is 3. The lowest BCUT2D eigenvalue weighted by atomic mass is 10.1. The summed E-state index contributed by atoms with van der Waals surface area (Å²) in [4.78, 5) is 4.70. The molecule has 0 spiro atoms. The van der Waals surface area contributed by atoms with Crippen LogP contribution in [0.2, 0.25) is 0 Å².